The summed E-state index contributed by atoms with van der Waals surface area (Å²) >= 11 is 0. The molecule has 3 N–H and O–H groups in total. The van der Waals surface area contributed by atoms with Gasteiger partial charge in [0.05, 0.1) is 62.0 Å². The maximum absolute atomic E-state index is 14.3. The lowest BCUT2D eigenvalue weighted by molar-refractivity contribution is -0.135. The third-order valence-electron chi connectivity index (χ3n) is 12.5. The molecule has 324 valence electrons. The zero-order valence-corrected chi connectivity index (χ0v) is 35.6. The highest BCUT2D eigenvalue weighted by molar-refractivity contribution is 6.03. The predicted octanol–water partition coefficient (Wildman–Crippen LogP) is 7.21. The first kappa shape index (κ1) is 41.1. The van der Waals surface area contributed by atoms with E-state index in [-0.39, 0.29) is 23.8 Å². The van der Waals surface area contributed by atoms with Crippen LogP contribution in [-0.2, 0) is 36.6 Å². The van der Waals surface area contributed by atoms with E-state index in [0.717, 1.165) is 62.8 Å². The molecule has 0 unspecified atom stereocenters. The van der Waals surface area contributed by atoms with Crippen LogP contribution in [0.1, 0.15) is 68.0 Å². The number of nitrogens with zero attached hydrogens (tertiary/aromatic N) is 5. The van der Waals surface area contributed by atoms with Crippen molar-refractivity contribution in [1.29, 1.82) is 0 Å². The third kappa shape index (κ3) is 7.38. The summed E-state index contributed by atoms with van der Waals surface area (Å²) in [6, 6.07) is 21.6. The summed E-state index contributed by atoms with van der Waals surface area (Å²) in [7, 11) is 3.86. The predicted molar refractivity (Wildman–Crippen MR) is 234 cm³/mol. The van der Waals surface area contributed by atoms with Crippen LogP contribution in [0.3, 0.4) is 0 Å². The number of para-hydroxylation sites is 1. The SMILES string of the molecule is COC(=O)N[C@H]1CCc2cccc3c2N(C1=O)[C@H](c1nc2ccc(-c4ccc5cc(-c6cnc([C@@H]7CCCN7C(=O)[C@@H](NC(=O)OC)C(C)C)[nH]6)ccc5c4)cc2n1C(=O)OC)C3. The first-order valence-corrected chi connectivity index (χ1v) is 21.1. The van der Waals surface area contributed by atoms with E-state index in [1.54, 1.807) is 16.0 Å². The molecule has 0 saturated carbocycles. The number of methoxy groups -OCH3 is 3. The van der Waals surface area contributed by atoms with Gasteiger partial charge in [-0.05, 0) is 88.9 Å². The number of hydrogen-bond acceptors (Lipinski definition) is 10. The molecule has 63 heavy (non-hydrogen) atoms. The van der Waals surface area contributed by atoms with Crippen LogP contribution in [0.5, 0.6) is 0 Å². The molecule has 16 heteroatoms. The Bertz CT molecular complexity index is 2810. The number of hydrogen-bond donors (Lipinski definition) is 3. The first-order valence-electron chi connectivity index (χ1n) is 21.1. The average molecular weight is 853 g/mol. The molecule has 5 heterocycles. The summed E-state index contributed by atoms with van der Waals surface area (Å²) in [5.74, 6) is 0.455. The minimum absolute atomic E-state index is 0.131. The van der Waals surface area contributed by atoms with E-state index in [1.165, 1.54) is 25.9 Å². The number of aromatic nitrogens is 4. The highest BCUT2D eigenvalue weighted by Crippen LogP contribution is 2.46. The Hall–Kier alpha value is -7.23. The van der Waals surface area contributed by atoms with Gasteiger partial charge >= 0.3 is 18.3 Å². The number of ether oxygens (including phenoxy) is 3. The van der Waals surface area contributed by atoms with Crippen molar-refractivity contribution in [3.05, 3.63) is 102 Å². The first-order chi connectivity index (χ1) is 30.5. The third-order valence-corrected chi connectivity index (χ3v) is 12.5. The maximum atomic E-state index is 14.3. The molecule has 0 aliphatic carbocycles. The zero-order chi connectivity index (χ0) is 44.1. The number of aromatic amines is 1. The highest BCUT2D eigenvalue weighted by atomic mass is 16.5. The molecule has 4 amide bonds. The van der Waals surface area contributed by atoms with Crippen LogP contribution in [-0.4, -0.2) is 94.5 Å². The lowest BCUT2D eigenvalue weighted by Gasteiger charge is -2.30. The van der Waals surface area contributed by atoms with E-state index < -0.39 is 36.4 Å². The van der Waals surface area contributed by atoms with Crippen LogP contribution in [0.25, 0.3) is 44.2 Å². The second-order valence-corrected chi connectivity index (χ2v) is 16.6. The number of nitrogens with one attached hydrogen (secondary N) is 3. The molecule has 0 spiro atoms. The summed E-state index contributed by atoms with van der Waals surface area (Å²) in [6.45, 7) is 4.35. The number of H-pyrrole nitrogens is 1. The number of fused-ring (bicyclic) bond motifs is 2. The van der Waals surface area contributed by atoms with Crippen molar-refractivity contribution < 1.29 is 38.2 Å². The molecular weight excluding hydrogens is 805 g/mol. The van der Waals surface area contributed by atoms with Gasteiger partial charge in [0.15, 0.2) is 0 Å². The summed E-state index contributed by atoms with van der Waals surface area (Å²) < 4.78 is 16.4. The van der Waals surface area contributed by atoms with Crippen LogP contribution < -0.4 is 15.5 Å². The van der Waals surface area contributed by atoms with Gasteiger partial charge in [-0.25, -0.2) is 28.9 Å². The number of rotatable bonds is 8. The van der Waals surface area contributed by atoms with Crippen LogP contribution >= 0.6 is 0 Å². The summed E-state index contributed by atoms with van der Waals surface area (Å²) in [4.78, 5) is 82.5. The number of carbonyl (C=O) groups is 5. The van der Waals surface area contributed by atoms with Gasteiger partial charge in [0.1, 0.15) is 23.7 Å². The van der Waals surface area contributed by atoms with Gasteiger partial charge in [-0.3, -0.25) is 14.5 Å². The Labute approximate surface area is 362 Å². The standard InChI is InChI=1S/C47H48N8O8/c1-25(2)39(52-46(59)62-4)44(57)53-19-7-10-36(53)41-48-24-35(49-41)31-14-13-27-20-28(11-12-29(27)21-31)30-16-17-33-37(22-30)55(47(60)63-5)42(50-33)38-23-32-9-6-8-26-15-18-34(51-45(58)61-3)43(56)54(38)40(26)32/h6,8-9,11-14,16-17,20-22,24-25,34,36,38-39H,7,10,15,18-19,23H2,1-5H3,(H,48,49)(H,51,58)(H,52,59)/t34-,36-,38-,39-/m0/s1. The fraction of sp³-hybridized carbons (Fsp3) is 0.340. The topological polar surface area (TPSA) is 190 Å². The van der Waals surface area contributed by atoms with Gasteiger partial charge < -0.3 is 34.7 Å². The monoisotopic (exact) mass is 852 g/mol. The van der Waals surface area contributed by atoms with Gasteiger partial charge in [0, 0.05) is 18.5 Å². The number of alkyl carbamates (subject to hydrolysis) is 2. The Kier molecular flexibility index (Phi) is 10.8. The second kappa shape index (κ2) is 16.6. The number of aryl methyl sites for hydroxylation is 1. The van der Waals surface area contributed by atoms with Crippen molar-refractivity contribution in [1.82, 2.24) is 35.1 Å². The molecule has 16 nitrogen and oxygen atoms in total. The van der Waals surface area contributed by atoms with Gasteiger partial charge in [-0.2, -0.15) is 0 Å². The molecule has 0 radical (unpaired) electrons. The Morgan fingerprint density at radius 2 is 1.54 bits per heavy atom. The average Bonchev–Trinajstić information content (AvgIpc) is 4.11. The molecule has 0 bridgehead atoms. The molecule has 9 rings (SSSR count). The van der Waals surface area contributed by atoms with E-state index in [1.807, 2.05) is 74.5 Å². The molecule has 4 atom stereocenters. The van der Waals surface area contributed by atoms with Gasteiger partial charge in [-0.15, -0.1) is 0 Å². The smallest absolute Gasteiger partial charge is 0.419 e. The van der Waals surface area contributed by atoms with Gasteiger partial charge in [0.2, 0.25) is 11.8 Å². The second-order valence-electron chi connectivity index (χ2n) is 16.6. The van der Waals surface area contributed by atoms with Crippen LogP contribution in [0.15, 0.2) is 79.0 Å². The maximum Gasteiger partial charge on any atom is 0.419 e. The van der Waals surface area contributed by atoms with Crippen LogP contribution in [0.2, 0.25) is 0 Å². The van der Waals surface area contributed by atoms with E-state index in [0.29, 0.717) is 48.5 Å². The fourth-order valence-corrected chi connectivity index (χ4v) is 9.39. The summed E-state index contributed by atoms with van der Waals surface area (Å²) in [6.07, 6.45) is 2.77. The van der Waals surface area contributed by atoms with Gasteiger partial charge in [0.25, 0.3) is 0 Å². The Morgan fingerprint density at radius 1 is 0.825 bits per heavy atom. The number of likely N-dealkylation sites (tertiary alicyclic amines) is 1. The minimum atomic E-state index is -0.830. The van der Waals surface area contributed by atoms with E-state index in [4.69, 9.17) is 24.2 Å². The van der Waals surface area contributed by atoms with E-state index in [9.17, 15) is 24.0 Å². The molecule has 1 fully saturated rings. The number of carbonyl (C=O) groups excluding carboxylic acids is 5. The van der Waals surface area contributed by atoms with Crippen molar-refractivity contribution in [3.8, 4) is 22.4 Å². The number of anilines is 1. The molecule has 3 aliphatic rings. The zero-order valence-electron chi connectivity index (χ0n) is 35.6. The van der Waals surface area contributed by atoms with Crippen LogP contribution in [0, 0.1) is 5.92 Å². The molecular formula is C47H48N8O8. The van der Waals surface area contributed by atoms with Crippen LogP contribution in [0.4, 0.5) is 20.1 Å². The number of benzene rings is 4. The molecule has 6 aromatic rings. The Balaban J connectivity index is 0.998. The molecule has 4 aromatic carbocycles. The molecule has 3 aliphatic heterocycles. The lowest BCUT2D eigenvalue weighted by atomic mass is 9.99. The normalized spacial score (nSPS) is 18.6. The van der Waals surface area contributed by atoms with Crippen molar-refractivity contribution in [2.24, 2.45) is 5.92 Å². The number of imidazole rings is 2. The molecule has 2 aromatic heterocycles. The van der Waals surface area contributed by atoms with Gasteiger partial charge in [-0.1, -0.05) is 62.4 Å². The summed E-state index contributed by atoms with van der Waals surface area (Å²) in [5, 5.41) is 7.40. The lowest BCUT2D eigenvalue weighted by Crippen LogP contribution is -2.51. The van der Waals surface area contributed by atoms with Crippen molar-refractivity contribution in [3.63, 3.8) is 0 Å². The minimum Gasteiger partial charge on any atom is -0.453 e. The van der Waals surface area contributed by atoms with Crippen molar-refractivity contribution in [2.75, 3.05) is 32.8 Å². The number of amides is 4. The highest BCUT2D eigenvalue weighted by Gasteiger charge is 2.44. The largest absolute Gasteiger partial charge is 0.453 e. The van der Waals surface area contributed by atoms with E-state index in [2.05, 4.69) is 27.8 Å². The quantitative estimate of drug-likeness (QED) is 0.132. The van der Waals surface area contributed by atoms with Crippen molar-refractivity contribution >= 4 is 57.6 Å². The summed E-state index contributed by atoms with van der Waals surface area (Å²) in [5.41, 5.74) is 7.35. The van der Waals surface area contributed by atoms with Crippen molar-refractivity contribution in [2.45, 2.75) is 70.1 Å². The molecule has 1 saturated heterocycles. The fourth-order valence-electron chi connectivity index (χ4n) is 9.39. The Morgan fingerprint density at radius 3 is 2.29 bits per heavy atom. The van der Waals surface area contributed by atoms with E-state index >= 15 is 0 Å².